The second-order valence-electron chi connectivity index (χ2n) is 4.25. The lowest BCUT2D eigenvalue weighted by Crippen LogP contribution is -2.34. The maximum Gasteiger partial charge on any atom is 0.289 e. The highest BCUT2D eigenvalue weighted by Gasteiger charge is 2.33. The monoisotopic (exact) mass is 286 g/mol. The van der Waals surface area contributed by atoms with Crippen molar-refractivity contribution in [3.8, 4) is 0 Å². The molecule has 1 aromatic rings. The second kappa shape index (κ2) is 4.59. The van der Waals surface area contributed by atoms with E-state index < -0.39 is 0 Å². The molecule has 1 aromatic heterocycles. The third-order valence-corrected chi connectivity index (χ3v) is 3.47. The third kappa shape index (κ3) is 2.15. The number of likely N-dealkylation sites (tertiary alicyclic amines) is 1. The molecule has 2 rings (SSSR count). The number of halogens is 1. The van der Waals surface area contributed by atoms with Gasteiger partial charge in [-0.15, -0.1) is 0 Å². The molecule has 0 bridgehead atoms. The van der Waals surface area contributed by atoms with E-state index in [1.165, 1.54) is 0 Å². The minimum Gasteiger partial charge on any atom is -0.444 e. The zero-order valence-electron chi connectivity index (χ0n) is 9.15. The molecule has 1 aliphatic heterocycles. The predicted octanol–water partition coefficient (Wildman–Crippen LogP) is 1.85. The maximum absolute atomic E-state index is 12.1. The van der Waals surface area contributed by atoms with Crippen molar-refractivity contribution in [3.05, 3.63) is 22.6 Å². The van der Waals surface area contributed by atoms with Crippen LogP contribution in [0.2, 0.25) is 0 Å². The lowest BCUT2D eigenvalue weighted by atomic mass is 10.1. The Bertz CT molecular complexity index is 391. The fraction of sp³-hybridized carbons (Fsp3) is 0.545. The standard InChI is InChI=1S/C11H15BrN2O2/c1-7-4-8(5-13)6-14(7)11(15)9-2-3-10(12)16-9/h2-3,7-8H,4-6,13H2,1H3. The summed E-state index contributed by atoms with van der Waals surface area (Å²) in [7, 11) is 0. The van der Waals surface area contributed by atoms with Crippen LogP contribution in [0.25, 0.3) is 0 Å². The third-order valence-electron chi connectivity index (χ3n) is 3.04. The molecule has 2 unspecified atom stereocenters. The molecular weight excluding hydrogens is 272 g/mol. The van der Waals surface area contributed by atoms with Crippen LogP contribution in [-0.4, -0.2) is 29.9 Å². The van der Waals surface area contributed by atoms with Crippen molar-refractivity contribution < 1.29 is 9.21 Å². The molecule has 2 heterocycles. The summed E-state index contributed by atoms with van der Waals surface area (Å²) in [5.74, 6) is 0.753. The number of amides is 1. The topological polar surface area (TPSA) is 59.5 Å². The van der Waals surface area contributed by atoms with Gasteiger partial charge >= 0.3 is 0 Å². The molecule has 1 saturated heterocycles. The van der Waals surface area contributed by atoms with Gasteiger partial charge in [0.25, 0.3) is 5.91 Å². The fourth-order valence-corrected chi connectivity index (χ4v) is 2.47. The van der Waals surface area contributed by atoms with E-state index >= 15 is 0 Å². The highest BCUT2D eigenvalue weighted by Crippen LogP contribution is 2.25. The lowest BCUT2D eigenvalue weighted by molar-refractivity contribution is 0.0710. The van der Waals surface area contributed by atoms with E-state index in [0.717, 1.165) is 13.0 Å². The van der Waals surface area contributed by atoms with E-state index in [9.17, 15) is 4.79 Å². The Morgan fingerprint density at radius 3 is 2.94 bits per heavy atom. The minimum atomic E-state index is -0.0471. The summed E-state index contributed by atoms with van der Waals surface area (Å²) in [6, 6.07) is 3.66. The van der Waals surface area contributed by atoms with E-state index in [1.54, 1.807) is 12.1 Å². The number of hydrogen-bond donors (Lipinski definition) is 1. The second-order valence-corrected chi connectivity index (χ2v) is 5.03. The highest BCUT2D eigenvalue weighted by atomic mass is 79.9. The van der Waals surface area contributed by atoms with E-state index in [-0.39, 0.29) is 11.9 Å². The van der Waals surface area contributed by atoms with Crippen molar-refractivity contribution in [1.29, 1.82) is 0 Å². The summed E-state index contributed by atoms with van der Waals surface area (Å²) in [4.78, 5) is 13.9. The molecule has 0 aliphatic carbocycles. The van der Waals surface area contributed by atoms with Crippen molar-refractivity contribution in [3.63, 3.8) is 0 Å². The van der Waals surface area contributed by atoms with Crippen molar-refractivity contribution in [2.45, 2.75) is 19.4 Å². The van der Waals surface area contributed by atoms with Gasteiger partial charge in [0.1, 0.15) is 0 Å². The van der Waals surface area contributed by atoms with Crippen LogP contribution in [0.5, 0.6) is 0 Å². The molecule has 16 heavy (non-hydrogen) atoms. The zero-order chi connectivity index (χ0) is 11.7. The molecule has 1 fully saturated rings. The first-order valence-corrected chi connectivity index (χ1v) is 6.17. The molecule has 2 atom stereocenters. The van der Waals surface area contributed by atoms with E-state index in [4.69, 9.17) is 10.2 Å². The Morgan fingerprint density at radius 1 is 1.69 bits per heavy atom. The minimum absolute atomic E-state index is 0.0471. The molecule has 1 aliphatic rings. The van der Waals surface area contributed by atoms with Gasteiger partial charge in [0, 0.05) is 12.6 Å². The molecule has 4 nitrogen and oxygen atoms in total. The first-order valence-electron chi connectivity index (χ1n) is 5.38. The highest BCUT2D eigenvalue weighted by molar-refractivity contribution is 9.10. The SMILES string of the molecule is CC1CC(CN)CN1C(=O)c1ccc(Br)o1. The summed E-state index contributed by atoms with van der Waals surface area (Å²) in [6.45, 7) is 3.41. The number of nitrogens with two attached hydrogens (primary N) is 1. The van der Waals surface area contributed by atoms with Crippen LogP contribution < -0.4 is 5.73 Å². The molecule has 0 spiro atoms. The Kier molecular flexibility index (Phi) is 3.35. The van der Waals surface area contributed by atoms with Crippen LogP contribution in [-0.2, 0) is 0 Å². The first-order chi connectivity index (χ1) is 7.61. The van der Waals surface area contributed by atoms with Gasteiger partial charge < -0.3 is 15.1 Å². The molecule has 1 amide bonds. The molecule has 0 saturated carbocycles. The largest absolute Gasteiger partial charge is 0.444 e. The van der Waals surface area contributed by atoms with Crippen molar-refractivity contribution >= 4 is 21.8 Å². The van der Waals surface area contributed by atoms with Gasteiger partial charge in [-0.2, -0.15) is 0 Å². The van der Waals surface area contributed by atoms with Crippen LogP contribution in [0.1, 0.15) is 23.9 Å². The predicted molar refractivity (Wildman–Crippen MR) is 64.1 cm³/mol. The van der Waals surface area contributed by atoms with Crippen LogP contribution in [0, 0.1) is 5.92 Å². The fourth-order valence-electron chi connectivity index (χ4n) is 2.17. The quantitative estimate of drug-likeness (QED) is 0.903. The molecule has 88 valence electrons. The van der Waals surface area contributed by atoms with E-state index in [1.807, 2.05) is 11.8 Å². The van der Waals surface area contributed by atoms with Gasteiger partial charge in [0.2, 0.25) is 0 Å². The maximum atomic E-state index is 12.1. The van der Waals surface area contributed by atoms with Gasteiger partial charge in [-0.05, 0) is 53.9 Å². The van der Waals surface area contributed by atoms with Gasteiger partial charge in [0.05, 0.1) is 0 Å². The summed E-state index contributed by atoms with van der Waals surface area (Å²) >= 11 is 3.19. The number of rotatable bonds is 2. The van der Waals surface area contributed by atoms with Crippen molar-refractivity contribution in [2.75, 3.05) is 13.1 Å². The summed E-state index contributed by atoms with van der Waals surface area (Å²) in [6.07, 6.45) is 0.976. The number of carbonyl (C=O) groups is 1. The molecule has 2 N–H and O–H groups in total. The molecule has 0 radical (unpaired) electrons. The number of carbonyl (C=O) groups excluding carboxylic acids is 1. The van der Waals surface area contributed by atoms with Gasteiger partial charge in [-0.1, -0.05) is 0 Å². The average molecular weight is 287 g/mol. The summed E-state index contributed by atoms with van der Waals surface area (Å²) in [5, 5.41) is 0. The Balaban J connectivity index is 2.11. The normalized spacial score (nSPS) is 25.1. The van der Waals surface area contributed by atoms with Crippen LogP contribution in [0.15, 0.2) is 21.2 Å². The van der Waals surface area contributed by atoms with E-state index in [2.05, 4.69) is 15.9 Å². The molecule has 0 aromatic carbocycles. The van der Waals surface area contributed by atoms with Gasteiger partial charge in [-0.3, -0.25) is 4.79 Å². The first kappa shape index (κ1) is 11.7. The van der Waals surface area contributed by atoms with Crippen LogP contribution in [0.4, 0.5) is 0 Å². The van der Waals surface area contributed by atoms with Gasteiger partial charge in [-0.25, -0.2) is 0 Å². The Hall–Kier alpha value is -0.810. The van der Waals surface area contributed by atoms with Gasteiger partial charge in [0.15, 0.2) is 10.4 Å². The molecular formula is C11H15BrN2O2. The van der Waals surface area contributed by atoms with Crippen molar-refractivity contribution in [1.82, 2.24) is 4.90 Å². The van der Waals surface area contributed by atoms with Crippen molar-refractivity contribution in [2.24, 2.45) is 11.7 Å². The van der Waals surface area contributed by atoms with Crippen LogP contribution >= 0.6 is 15.9 Å². The summed E-state index contributed by atoms with van der Waals surface area (Å²) in [5.41, 5.74) is 5.63. The zero-order valence-corrected chi connectivity index (χ0v) is 10.7. The lowest BCUT2D eigenvalue weighted by Gasteiger charge is -2.19. The van der Waals surface area contributed by atoms with Crippen LogP contribution in [0.3, 0.4) is 0 Å². The molecule has 5 heteroatoms. The average Bonchev–Trinajstić information content (AvgIpc) is 2.83. The Labute approximate surface area is 103 Å². The number of nitrogens with zero attached hydrogens (tertiary/aromatic N) is 1. The van der Waals surface area contributed by atoms with E-state index in [0.29, 0.717) is 22.9 Å². The Morgan fingerprint density at radius 2 is 2.44 bits per heavy atom. The smallest absolute Gasteiger partial charge is 0.289 e. The number of furan rings is 1. The number of hydrogen-bond acceptors (Lipinski definition) is 3. The summed E-state index contributed by atoms with van der Waals surface area (Å²) < 4.78 is 5.85.